The predicted molar refractivity (Wildman–Crippen MR) is 50.7 cm³/mol. The molecule has 3 heteroatoms. The largest absolute Gasteiger partial charge is 0.346 e. The highest BCUT2D eigenvalue weighted by Crippen LogP contribution is 2.27. The molecule has 0 unspecified atom stereocenters. The van der Waals surface area contributed by atoms with Gasteiger partial charge in [-0.2, -0.15) is 0 Å². The van der Waals surface area contributed by atoms with Crippen LogP contribution in [-0.4, -0.2) is 12.7 Å². The summed E-state index contributed by atoms with van der Waals surface area (Å²) in [5.74, 6) is 0. The van der Waals surface area contributed by atoms with Gasteiger partial charge in [0.1, 0.15) is 0 Å². The Labute approximate surface area is 82.4 Å². The molecule has 0 radical (unpaired) electrons. The average molecular weight is 199 g/mol. The molecule has 0 spiro atoms. The molecule has 1 aromatic carbocycles. The van der Waals surface area contributed by atoms with Crippen molar-refractivity contribution in [3.8, 4) is 0 Å². The lowest BCUT2D eigenvalue weighted by molar-refractivity contribution is -0.0572. The van der Waals surface area contributed by atoms with Crippen LogP contribution in [0.5, 0.6) is 0 Å². The molecule has 0 N–H and O–H groups in total. The number of halogens is 1. The summed E-state index contributed by atoms with van der Waals surface area (Å²) in [6.07, 6.45) is -0.0343. The van der Waals surface area contributed by atoms with Crippen LogP contribution in [0.15, 0.2) is 24.3 Å². The number of ether oxygens (including phenoxy) is 2. The third-order valence-corrected chi connectivity index (χ3v) is 2.23. The molecule has 1 aliphatic rings. The molecule has 70 valence electrons. The van der Waals surface area contributed by atoms with Gasteiger partial charge < -0.3 is 9.47 Å². The van der Waals surface area contributed by atoms with Crippen molar-refractivity contribution in [3.63, 3.8) is 0 Å². The number of hydrogen-bond donors (Lipinski definition) is 0. The van der Waals surface area contributed by atoms with Crippen LogP contribution in [-0.2, 0) is 9.47 Å². The van der Waals surface area contributed by atoms with Gasteiger partial charge in [0.15, 0.2) is 6.29 Å². The van der Waals surface area contributed by atoms with E-state index in [4.69, 9.17) is 21.1 Å². The first-order valence-electron chi connectivity index (χ1n) is 4.28. The number of hydrogen-bond acceptors (Lipinski definition) is 2. The van der Waals surface area contributed by atoms with Crippen LogP contribution in [0.2, 0.25) is 5.02 Å². The van der Waals surface area contributed by atoms with Crippen LogP contribution in [0.25, 0.3) is 0 Å². The maximum Gasteiger partial charge on any atom is 0.184 e. The molecule has 1 heterocycles. The minimum Gasteiger partial charge on any atom is -0.346 e. The Hall–Kier alpha value is -0.570. The van der Waals surface area contributed by atoms with Crippen LogP contribution in [0.1, 0.15) is 18.8 Å². The lowest BCUT2D eigenvalue weighted by Crippen LogP contribution is -2.02. The average Bonchev–Trinajstić information content (AvgIpc) is 2.53. The zero-order valence-corrected chi connectivity index (χ0v) is 8.12. The fourth-order valence-corrected chi connectivity index (χ4v) is 1.43. The lowest BCUT2D eigenvalue weighted by Gasteiger charge is -2.09. The highest BCUT2D eigenvalue weighted by molar-refractivity contribution is 6.30. The van der Waals surface area contributed by atoms with Crippen molar-refractivity contribution in [2.45, 2.75) is 19.3 Å². The van der Waals surface area contributed by atoms with Crippen molar-refractivity contribution < 1.29 is 9.47 Å². The third kappa shape index (κ3) is 2.02. The molecule has 0 amide bonds. The minimum atomic E-state index is -0.215. The summed E-state index contributed by atoms with van der Waals surface area (Å²) in [5, 5.41) is 0.731. The van der Waals surface area contributed by atoms with E-state index in [2.05, 4.69) is 0 Å². The van der Waals surface area contributed by atoms with E-state index < -0.39 is 0 Å². The highest BCUT2D eigenvalue weighted by Gasteiger charge is 2.23. The molecule has 0 aliphatic carbocycles. The molecule has 1 aromatic rings. The van der Waals surface area contributed by atoms with Crippen molar-refractivity contribution in [3.05, 3.63) is 34.9 Å². The lowest BCUT2D eigenvalue weighted by atomic mass is 10.2. The maximum atomic E-state index is 5.77. The Morgan fingerprint density at radius 2 is 2.00 bits per heavy atom. The molecular weight excluding hydrogens is 188 g/mol. The molecule has 1 fully saturated rings. The monoisotopic (exact) mass is 198 g/mol. The van der Waals surface area contributed by atoms with E-state index >= 15 is 0 Å². The summed E-state index contributed by atoms with van der Waals surface area (Å²) in [5.41, 5.74) is 1.02. The Morgan fingerprint density at radius 1 is 1.31 bits per heavy atom. The van der Waals surface area contributed by atoms with Crippen LogP contribution in [0, 0.1) is 0 Å². The van der Waals surface area contributed by atoms with Crippen LogP contribution < -0.4 is 0 Å². The van der Waals surface area contributed by atoms with Gasteiger partial charge in [0.2, 0.25) is 0 Å². The van der Waals surface area contributed by atoms with Gasteiger partial charge >= 0.3 is 0 Å². The van der Waals surface area contributed by atoms with Gasteiger partial charge in [0.05, 0.1) is 12.7 Å². The minimum absolute atomic E-state index is 0.181. The molecule has 0 saturated carbocycles. The fourth-order valence-electron chi connectivity index (χ4n) is 1.31. The van der Waals surface area contributed by atoms with Crippen molar-refractivity contribution in [2.75, 3.05) is 6.61 Å². The Bertz CT molecular complexity index is 283. The standard InChI is InChI=1S/C10H11ClO2/c1-7-6-12-10(13-7)8-2-4-9(11)5-3-8/h2-5,7,10H,6H2,1H3/t7-,10+/m1/s1. The maximum absolute atomic E-state index is 5.77. The van der Waals surface area contributed by atoms with Gasteiger partial charge in [0, 0.05) is 10.6 Å². The SMILES string of the molecule is C[C@@H]1CO[C@H](c2ccc(Cl)cc2)O1. The van der Waals surface area contributed by atoms with Crippen molar-refractivity contribution in [2.24, 2.45) is 0 Å². The zero-order chi connectivity index (χ0) is 9.26. The van der Waals surface area contributed by atoms with Crippen molar-refractivity contribution in [1.82, 2.24) is 0 Å². The van der Waals surface area contributed by atoms with Gasteiger partial charge in [-0.15, -0.1) is 0 Å². The van der Waals surface area contributed by atoms with Gasteiger partial charge in [-0.1, -0.05) is 23.7 Å². The number of rotatable bonds is 1. The van der Waals surface area contributed by atoms with E-state index in [1.807, 2.05) is 31.2 Å². The molecular formula is C10H11ClO2. The predicted octanol–water partition coefficient (Wildman–Crippen LogP) is 2.77. The van der Waals surface area contributed by atoms with Gasteiger partial charge in [-0.25, -0.2) is 0 Å². The molecule has 0 bridgehead atoms. The van der Waals surface area contributed by atoms with Gasteiger partial charge in [0.25, 0.3) is 0 Å². The van der Waals surface area contributed by atoms with E-state index in [0.29, 0.717) is 6.61 Å². The first-order chi connectivity index (χ1) is 6.25. The van der Waals surface area contributed by atoms with E-state index in [-0.39, 0.29) is 12.4 Å². The zero-order valence-electron chi connectivity index (χ0n) is 7.37. The third-order valence-electron chi connectivity index (χ3n) is 1.98. The van der Waals surface area contributed by atoms with Gasteiger partial charge in [-0.05, 0) is 19.1 Å². The summed E-state index contributed by atoms with van der Waals surface area (Å²) in [6.45, 7) is 2.66. The quantitative estimate of drug-likeness (QED) is 0.691. The fraction of sp³-hybridized carbons (Fsp3) is 0.400. The van der Waals surface area contributed by atoms with Crippen LogP contribution in [0.3, 0.4) is 0 Å². The summed E-state index contributed by atoms with van der Waals surface area (Å²) in [7, 11) is 0. The molecule has 0 aromatic heterocycles. The molecule has 2 nitrogen and oxygen atoms in total. The second-order valence-corrected chi connectivity index (χ2v) is 3.60. The first-order valence-corrected chi connectivity index (χ1v) is 4.66. The highest BCUT2D eigenvalue weighted by atomic mass is 35.5. The first kappa shape index (κ1) is 9.00. The molecule has 1 saturated heterocycles. The summed E-state index contributed by atoms with van der Waals surface area (Å²) in [4.78, 5) is 0. The van der Waals surface area contributed by atoms with Crippen molar-refractivity contribution >= 4 is 11.6 Å². The van der Waals surface area contributed by atoms with Crippen LogP contribution in [0.4, 0.5) is 0 Å². The van der Waals surface area contributed by atoms with Gasteiger partial charge in [-0.3, -0.25) is 0 Å². The van der Waals surface area contributed by atoms with E-state index in [9.17, 15) is 0 Å². The molecule has 2 rings (SSSR count). The van der Waals surface area contributed by atoms with E-state index in [1.165, 1.54) is 0 Å². The molecule has 13 heavy (non-hydrogen) atoms. The Balaban J connectivity index is 2.13. The Kier molecular flexibility index (Phi) is 2.54. The van der Waals surface area contributed by atoms with Crippen LogP contribution >= 0.6 is 11.6 Å². The van der Waals surface area contributed by atoms with E-state index in [1.54, 1.807) is 0 Å². The second kappa shape index (κ2) is 3.66. The molecule has 2 atom stereocenters. The summed E-state index contributed by atoms with van der Waals surface area (Å²) < 4.78 is 10.9. The summed E-state index contributed by atoms with van der Waals surface area (Å²) >= 11 is 5.77. The number of benzene rings is 1. The smallest absolute Gasteiger partial charge is 0.184 e. The topological polar surface area (TPSA) is 18.5 Å². The Morgan fingerprint density at radius 3 is 2.54 bits per heavy atom. The van der Waals surface area contributed by atoms with E-state index in [0.717, 1.165) is 10.6 Å². The summed E-state index contributed by atoms with van der Waals surface area (Å²) in [6, 6.07) is 7.52. The van der Waals surface area contributed by atoms with Crippen molar-refractivity contribution in [1.29, 1.82) is 0 Å². The second-order valence-electron chi connectivity index (χ2n) is 3.16. The molecule has 1 aliphatic heterocycles. The normalized spacial score (nSPS) is 27.8.